The zero-order chi connectivity index (χ0) is 21.4. The van der Waals surface area contributed by atoms with Crippen LogP contribution in [0.25, 0.3) is 0 Å². The highest BCUT2D eigenvalue weighted by atomic mass is 16.5. The van der Waals surface area contributed by atoms with Crippen LogP contribution in [0.2, 0.25) is 0 Å². The van der Waals surface area contributed by atoms with Gasteiger partial charge in [0.25, 0.3) is 0 Å². The quantitative estimate of drug-likeness (QED) is 0.309. The molecule has 0 spiro atoms. The van der Waals surface area contributed by atoms with Crippen molar-refractivity contribution >= 4 is 5.97 Å². The molecule has 0 saturated carbocycles. The Balaban J connectivity index is 1.74. The van der Waals surface area contributed by atoms with Crippen molar-refractivity contribution in [2.75, 3.05) is 0 Å². The van der Waals surface area contributed by atoms with Gasteiger partial charge in [0, 0.05) is 6.42 Å². The lowest BCUT2D eigenvalue weighted by Gasteiger charge is -2.17. The van der Waals surface area contributed by atoms with Gasteiger partial charge in [-0.15, -0.1) is 0 Å². The number of carbonyl (C=O) groups is 1. The van der Waals surface area contributed by atoms with Crippen LogP contribution in [0.5, 0.6) is 5.75 Å². The van der Waals surface area contributed by atoms with Gasteiger partial charge >= 0.3 is 5.97 Å². The van der Waals surface area contributed by atoms with Gasteiger partial charge in [-0.3, -0.25) is 4.79 Å². The monoisotopic (exact) mass is 412 g/mol. The van der Waals surface area contributed by atoms with Gasteiger partial charge in [0.2, 0.25) is 0 Å². The highest BCUT2D eigenvalue weighted by Gasteiger charge is 2.12. The normalized spacial score (nSPS) is 11.9. The lowest BCUT2D eigenvalue weighted by atomic mass is 10.0. The van der Waals surface area contributed by atoms with Crippen molar-refractivity contribution in [1.29, 1.82) is 0 Å². The number of unbranched alkanes of at least 4 members (excludes halogenated alkanes) is 5. The van der Waals surface area contributed by atoms with E-state index in [0.29, 0.717) is 19.6 Å². The Kier molecular flexibility index (Phi) is 11.7. The molecule has 1 unspecified atom stereocenters. The molecule has 0 aromatic heterocycles. The summed E-state index contributed by atoms with van der Waals surface area (Å²) in [6.45, 7) is 3.27. The highest BCUT2D eigenvalue weighted by molar-refractivity contribution is 5.66. The fourth-order valence-corrected chi connectivity index (χ4v) is 3.38. The van der Waals surface area contributed by atoms with E-state index in [0.717, 1.165) is 29.7 Å². The zero-order valence-corrected chi connectivity index (χ0v) is 18.2. The highest BCUT2D eigenvalue weighted by Crippen LogP contribution is 2.18. The molecule has 0 fully saturated rings. The molecule has 164 valence electrons. The molecule has 2 aromatic rings. The average molecular weight is 413 g/mol. The molecule has 0 amide bonds. The fourth-order valence-electron chi connectivity index (χ4n) is 3.38. The second-order valence-corrected chi connectivity index (χ2v) is 7.84. The predicted octanol–water partition coefficient (Wildman–Crippen LogP) is 6.77. The summed E-state index contributed by atoms with van der Waals surface area (Å²) >= 11 is 0. The Morgan fingerprint density at radius 3 is 2.20 bits per heavy atom. The van der Waals surface area contributed by atoms with Crippen LogP contribution in [0.3, 0.4) is 0 Å². The third kappa shape index (κ3) is 10.4. The zero-order valence-electron chi connectivity index (χ0n) is 18.2. The van der Waals surface area contributed by atoms with E-state index >= 15 is 0 Å². The molecule has 0 aliphatic rings. The van der Waals surface area contributed by atoms with Crippen LogP contribution < -0.4 is 4.74 Å². The van der Waals surface area contributed by atoms with E-state index < -0.39 is 5.97 Å². The summed E-state index contributed by atoms with van der Waals surface area (Å²) in [5, 5.41) is 9.01. The third-order valence-electron chi connectivity index (χ3n) is 5.22. The number of aliphatic carboxylic acids is 1. The van der Waals surface area contributed by atoms with Crippen molar-refractivity contribution in [1.82, 2.24) is 0 Å². The maximum absolute atomic E-state index is 11.0. The van der Waals surface area contributed by atoms with Crippen molar-refractivity contribution in [2.45, 2.75) is 84.0 Å². The first-order valence-corrected chi connectivity index (χ1v) is 11.3. The summed E-state index contributed by atoms with van der Waals surface area (Å²) in [4.78, 5) is 11.0. The molecule has 2 rings (SSSR count). The summed E-state index contributed by atoms with van der Waals surface area (Å²) in [5.41, 5.74) is 2.21. The first-order chi connectivity index (χ1) is 14.7. The second-order valence-electron chi connectivity index (χ2n) is 7.84. The minimum Gasteiger partial charge on any atom is -0.489 e. The third-order valence-corrected chi connectivity index (χ3v) is 5.22. The first-order valence-electron chi connectivity index (χ1n) is 11.3. The van der Waals surface area contributed by atoms with Crippen molar-refractivity contribution in [3.8, 4) is 5.75 Å². The van der Waals surface area contributed by atoms with E-state index in [-0.39, 0.29) is 12.5 Å². The summed E-state index contributed by atoms with van der Waals surface area (Å²) in [7, 11) is 0. The SMILES string of the molecule is CCCCCCCCC(CCC(=O)O)OCc1ccc(OCc2ccccc2)cc1. The second kappa shape index (κ2) is 14.6. The van der Waals surface area contributed by atoms with E-state index in [9.17, 15) is 4.79 Å². The minimum absolute atomic E-state index is 0.00119. The van der Waals surface area contributed by atoms with Crippen LogP contribution in [-0.2, 0) is 22.7 Å². The van der Waals surface area contributed by atoms with Crippen molar-refractivity contribution in [3.05, 3.63) is 65.7 Å². The van der Waals surface area contributed by atoms with Gasteiger partial charge in [0.15, 0.2) is 0 Å². The Labute approximate surface area is 181 Å². The fraction of sp³-hybridized carbons (Fsp3) is 0.500. The maximum atomic E-state index is 11.0. The van der Waals surface area contributed by atoms with E-state index in [2.05, 4.69) is 6.92 Å². The lowest BCUT2D eigenvalue weighted by Crippen LogP contribution is -2.15. The van der Waals surface area contributed by atoms with Crippen molar-refractivity contribution in [2.24, 2.45) is 0 Å². The number of hydrogen-bond donors (Lipinski definition) is 1. The van der Waals surface area contributed by atoms with E-state index in [1.54, 1.807) is 0 Å². The molecule has 0 heterocycles. The molecule has 0 bridgehead atoms. The number of benzene rings is 2. The van der Waals surface area contributed by atoms with Gasteiger partial charge in [0.05, 0.1) is 12.7 Å². The van der Waals surface area contributed by atoms with Crippen molar-refractivity contribution < 1.29 is 19.4 Å². The Bertz CT molecular complexity index is 697. The maximum Gasteiger partial charge on any atom is 0.303 e. The Hall–Kier alpha value is -2.33. The average Bonchev–Trinajstić information content (AvgIpc) is 2.77. The summed E-state index contributed by atoms with van der Waals surface area (Å²) in [6.07, 6.45) is 9.04. The molecule has 30 heavy (non-hydrogen) atoms. The van der Waals surface area contributed by atoms with Crippen molar-refractivity contribution in [3.63, 3.8) is 0 Å². The number of hydrogen-bond acceptors (Lipinski definition) is 3. The van der Waals surface area contributed by atoms with E-state index in [1.165, 1.54) is 32.1 Å². The van der Waals surface area contributed by atoms with Gasteiger partial charge in [-0.1, -0.05) is 87.9 Å². The molecule has 1 atom stereocenters. The van der Waals surface area contributed by atoms with Gasteiger partial charge in [-0.05, 0) is 36.1 Å². The largest absolute Gasteiger partial charge is 0.489 e. The number of carboxylic acid groups (broad SMARTS) is 1. The summed E-state index contributed by atoms with van der Waals surface area (Å²) in [5.74, 6) is 0.0728. The van der Waals surface area contributed by atoms with Crippen LogP contribution >= 0.6 is 0 Å². The molecular weight excluding hydrogens is 376 g/mol. The first kappa shape index (κ1) is 23.9. The molecular formula is C26H36O4. The van der Waals surface area contributed by atoms with Crippen LogP contribution in [0.15, 0.2) is 54.6 Å². The Morgan fingerprint density at radius 2 is 1.50 bits per heavy atom. The standard InChI is InChI=1S/C26H36O4/c1-2-3-4-5-6-10-13-24(18-19-26(27)28)29-21-23-14-16-25(17-15-23)30-20-22-11-8-7-9-12-22/h7-9,11-12,14-17,24H,2-6,10,13,18-21H2,1H3,(H,27,28). The number of rotatable bonds is 16. The van der Waals surface area contributed by atoms with Crippen LogP contribution in [-0.4, -0.2) is 17.2 Å². The van der Waals surface area contributed by atoms with Crippen LogP contribution in [0, 0.1) is 0 Å². The van der Waals surface area contributed by atoms with Gasteiger partial charge in [-0.2, -0.15) is 0 Å². The number of ether oxygens (including phenoxy) is 2. The minimum atomic E-state index is -0.758. The molecule has 4 heteroatoms. The topological polar surface area (TPSA) is 55.8 Å². The van der Waals surface area contributed by atoms with Gasteiger partial charge < -0.3 is 14.6 Å². The summed E-state index contributed by atoms with van der Waals surface area (Å²) < 4.78 is 11.9. The van der Waals surface area contributed by atoms with E-state index in [1.807, 2.05) is 54.6 Å². The molecule has 0 aliphatic heterocycles. The van der Waals surface area contributed by atoms with Gasteiger partial charge in [-0.25, -0.2) is 0 Å². The molecule has 0 radical (unpaired) electrons. The lowest BCUT2D eigenvalue weighted by molar-refractivity contribution is -0.138. The molecule has 2 aromatic carbocycles. The van der Waals surface area contributed by atoms with Crippen LogP contribution in [0.1, 0.15) is 75.8 Å². The molecule has 4 nitrogen and oxygen atoms in total. The van der Waals surface area contributed by atoms with Gasteiger partial charge in [0.1, 0.15) is 12.4 Å². The van der Waals surface area contributed by atoms with E-state index in [4.69, 9.17) is 14.6 Å². The Morgan fingerprint density at radius 1 is 0.833 bits per heavy atom. The summed E-state index contributed by atoms with van der Waals surface area (Å²) in [6, 6.07) is 18.0. The van der Waals surface area contributed by atoms with Crippen LogP contribution in [0.4, 0.5) is 0 Å². The molecule has 0 saturated heterocycles. The number of carboxylic acids is 1. The molecule has 1 N–H and O–H groups in total. The predicted molar refractivity (Wildman–Crippen MR) is 121 cm³/mol. The smallest absolute Gasteiger partial charge is 0.303 e. The molecule has 0 aliphatic carbocycles.